The third kappa shape index (κ3) is 4.12. The van der Waals surface area contributed by atoms with Gasteiger partial charge < -0.3 is 4.74 Å². The van der Waals surface area contributed by atoms with E-state index in [1.165, 1.54) is 5.56 Å². The second-order valence-electron chi connectivity index (χ2n) is 7.35. The number of hydrogen-bond donors (Lipinski definition) is 0. The van der Waals surface area contributed by atoms with Gasteiger partial charge in [0.25, 0.3) is 0 Å². The summed E-state index contributed by atoms with van der Waals surface area (Å²) < 4.78 is 5.60. The normalized spacial score (nSPS) is 20.5. The Morgan fingerprint density at radius 2 is 1.69 bits per heavy atom. The number of rotatable bonds is 7. The minimum atomic E-state index is -1.03. The maximum atomic E-state index is 12.6. The van der Waals surface area contributed by atoms with Crippen LogP contribution in [0.5, 0.6) is 0 Å². The quantitative estimate of drug-likeness (QED) is 0.687. The average molecular weight is 358 g/mol. The smallest absolute Gasteiger partial charge is 0.151 e. The second-order valence-corrected chi connectivity index (χ2v) is 7.35. The van der Waals surface area contributed by atoms with Crippen molar-refractivity contribution in [2.24, 2.45) is 5.92 Å². The Hall–Kier alpha value is -1.81. The van der Waals surface area contributed by atoms with Crippen LogP contribution in [-0.4, -0.2) is 24.0 Å². The van der Waals surface area contributed by atoms with Crippen LogP contribution < -0.4 is 0 Å². The lowest BCUT2D eigenvalue weighted by Crippen LogP contribution is -2.38. The van der Waals surface area contributed by atoms with Crippen molar-refractivity contribution in [3.8, 4) is 0 Å². The van der Waals surface area contributed by atoms with Gasteiger partial charge in [-0.25, -0.2) is 0 Å². The molecular formula is C22H30O4. The van der Waals surface area contributed by atoms with E-state index in [0.717, 1.165) is 22.3 Å². The molecule has 1 aromatic rings. The van der Waals surface area contributed by atoms with Crippen LogP contribution in [0.15, 0.2) is 6.07 Å². The van der Waals surface area contributed by atoms with Gasteiger partial charge >= 0.3 is 0 Å². The van der Waals surface area contributed by atoms with Crippen molar-refractivity contribution in [3.63, 3.8) is 0 Å². The summed E-state index contributed by atoms with van der Waals surface area (Å²) in [6.07, 6.45) is 1.50. The Morgan fingerprint density at radius 3 is 2.23 bits per heavy atom. The summed E-state index contributed by atoms with van der Waals surface area (Å²) in [6.45, 7) is 11.2. The Morgan fingerprint density at radius 1 is 1.08 bits per heavy atom. The van der Waals surface area contributed by atoms with Crippen molar-refractivity contribution in [2.45, 2.75) is 72.8 Å². The lowest BCUT2D eigenvalue weighted by atomic mass is 9.72. The van der Waals surface area contributed by atoms with Gasteiger partial charge in [0.05, 0.1) is 6.61 Å². The van der Waals surface area contributed by atoms with E-state index < -0.39 is 5.92 Å². The predicted molar refractivity (Wildman–Crippen MR) is 101 cm³/mol. The van der Waals surface area contributed by atoms with Gasteiger partial charge in [0.1, 0.15) is 5.92 Å². The van der Waals surface area contributed by atoms with E-state index in [4.69, 9.17) is 4.74 Å². The first-order chi connectivity index (χ1) is 12.3. The largest absolute Gasteiger partial charge is 0.377 e. The van der Waals surface area contributed by atoms with E-state index in [0.29, 0.717) is 26.1 Å². The summed E-state index contributed by atoms with van der Waals surface area (Å²) in [6, 6.07) is 2.11. The van der Waals surface area contributed by atoms with Gasteiger partial charge in [-0.15, -0.1) is 0 Å². The molecule has 0 N–H and O–H groups in total. The van der Waals surface area contributed by atoms with Crippen molar-refractivity contribution >= 4 is 17.3 Å². The first kappa shape index (κ1) is 20.5. The van der Waals surface area contributed by atoms with Crippen LogP contribution in [0.2, 0.25) is 0 Å². The molecule has 0 spiro atoms. The van der Waals surface area contributed by atoms with Crippen LogP contribution in [0.4, 0.5) is 0 Å². The second kappa shape index (κ2) is 8.72. The zero-order valence-electron chi connectivity index (χ0n) is 16.6. The predicted octanol–water partition coefficient (Wildman–Crippen LogP) is 4.15. The van der Waals surface area contributed by atoms with Gasteiger partial charge in [-0.1, -0.05) is 13.0 Å². The molecule has 0 atom stereocenters. The summed E-state index contributed by atoms with van der Waals surface area (Å²) >= 11 is 0. The van der Waals surface area contributed by atoms with Crippen LogP contribution in [0, 0.1) is 26.7 Å². The molecule has 2 rings (SSSR count). The molecule has 1 aliphatic carbocycles. The number of carbonyl (C=O) groups excluding carboxylic acids is 3. The standard InChI is InChI=1S/C22H30O4/c1-6-8-18(23)22-19(24)10-16(11-20(22)25)21-14(4)9-13(3)17(15(21)5)12-26-7-2/h9,16,22H,6-8,10-12H2,1-5H3. The van der Waals surface area contributed by atoms with Crippen LogP contribution in [0.25, 0.3) is 0 Å². The van der Waals surface area contributed by atoms with Crippen LogP contribution in [-0.2, 0) is 25.7 Å². The van der Waals surface area contributed by atoms with Gasteiger partial charge in [-0.05, 0) is 67.9 Å². The maximum absolute atomic E-state index is 12.6. The van der Waals surface area contributed by atoms with Crippen LogP contribution in [0.1, 0.15) is 73.3 Å². The topological polar surface area (TPSA) is 60.4 Å². The van der Waals surface area contributed by atoms with Crippen molar-refractivity contribution in [3.05, 3.63) is 33.9 Å². The number of ether oxygens (including phenoxy) is 1. The van der Waals surface area contributed by atoms with Gasteiger partial charge in [-0.2, -0.15) is 0 Å². The summed E-state index contributed by atoms with van der Waals surface area (Å²) in [5.74, 6) is -1.80. The van der Waals surface area contributed by atoms with Gasteiger partial charge in [-0.3, -0.25) is 14.4 Å². The van der Waals surface area contributed by atoms with E-state index in [1.54, 1.807) is 0 Å². The van der Waals surface area contributed by atoms with E-state index in [9.17, 15) is 14.4 Å². The summed E-state index contributed by atoms with van der Waals surface area (Å²) in [5.41, 5.74) is 5.59. The average Bonchev–Trinajstić information content (AvgIpc) is 2.54. The van der Waals surface area contributed by atoms with Gasteiger partial charge in [0, 0.05) is 25.9 Å². The van der Waals surface area contributed by atoms with Crippen LogP contribution in [0.3, 0.4) is 0 Å². The molecule has 142 valence electrons. The lowest BCUT2D eigenvalue weighted by molar-refractivity contribution is -0.142. The van der Waals surface area contributed by atoms with Gasteiger partial charge in [0.2, 0.25) is 0 Å². The molecule has 0 aliphatic heterocycles. The molecule has 4 nitrogen and oxygen atoms in total. The Labute approximate surface area is 156 Å². The Balaban J connectivity index is 2.34. The van der Waals surface area contributed by atoms with E-state index in [1.807, 2.05) is 27.7 Å². The highest BCUT2D eigenvalue weighted by atomic mass is 16.5. The van der Waals surface area contributed by atoms with Crippen molar-refractivity contribution in [1.82, 2.24) is 0 Å². The first-order valence-corrected chi connectivity index (χ1v) is 9.57. The summed E-state index contributed by atoms with van der Waals surface area (Å²) in [5, 5.41) is 0. The minimum absolute atomic E-state index is 0.137. The Kier molecular flexibility index (Phi) is 6.87. The maximum Gasteiger partial charge on any atom is 0.151 e. The number of carbonyl (C=O) groups is 3. The molecule has 0 radical (unpaired) electrons. The molecule has 1 fully saturated rings. The third-order valence-corrected chi connectivity index (χ3v) is 5.41. The molecular weight excluding hydrogens is 328 g/mol. The number of Topliss-reactive ketones (excluding diaryl/α,β-unsaturated/α-hetero) is 3. The molecule has 0 amide bonds. The fourth-order valence-electron chi connectivity index (χ4n) is 4.23. The Bertz CT molecular complexity index is 699. The monoisotopic (exact) mass is 358 g/mol. The first-order valence-electron chi connectivity index (χ1n) is 9.57. The molecule has 1 aliphatic rings. The third-order valence-electron chi connectivity index (χ3n) is 5.41. The molecule has 26 heavy (non-hydrogen) atoms. The molecule has 4 heteroatoms. The lowest BCUT2D eigenvalue weighted by Gasteiger charge is -2.29. The molecule has 0 aromatic heterocycles. The van der Waals surface area contributed by atoms with Crippen molar-refractivity contribution in [2.75, 3.05) is 6.61 Å². The van der Waals surface area contributed by atoms with E-state index in [-0.39, 0.29) is 36.1 Å². The number of ketones is 3. The highest BCUT2D eigenvalue weighted by Crippen LogP contribution is 2.38. The fraction of sp³-hybridized carbons (Fsp3) is 0.591. The molecule has 0 unspecified atom stereocenters. The zero-order chi connectivity index (χ0) is 19.4. The van der Waals surface area contributed by atoms with E-state index >= 15 is 0 Å². The SMILES string of the molecule is CCCC(=O)C1C(=O)CC(c2c(C)cc(C)c(COCC)c2C)CC1=O. The molecule has 0 heterocycles. The number of benzene rings is 1. The highest BCUT2D eigenvalue weighted by Gasteiger charge is 2.40. The fourth-order valence-corrected chi connectivity index (χ4v) is 4.23. The molecule has 0 saturated heterocycles. The number of hydrogen-bond acceptors (Lipinski definition) is 4. The molecule has 1 aromatic carbocycles. The van der Waals surface area contributed by atoms with Crippen LogP contribution >= 0.6 is 0 Å². The van der Waals surface area contributed by atoms with Crippen molar-refractivity contribution in [1.29, 1.82) is 0 Å². The van der Waals surface area contributed by atoms with E-state index in [2.05, 4.69) is 13.0 Å². The minimum Gasteiger partial charge on any atom is -0.377 e. The highest BCUT2D eigenvalue weighted by molar-refractivity contribution is 6.21. The molecule has 1 saturated carbocycles. The molecule has 0 bridgehead atoms. The summed E-state index contributed by atoms with van der Waals surface area (Å²) in [7, 11) is 0. The summed E-state index contributed by atoms with van der Waals surface area (Å²) in [4.78, 5) is 37.3. The number of aryl methyl sites for hydroxylation is 2. The van der Waals surface area contributed by atoms with Crippen molar-refractivity contribution < 1.29 is 19.1 Å². The van der Waals surface area contributed by atoms with Gasteiger partial charge in [0.15, 0.2) is 17.3 Å². The zero-order valence-corrected chi connectivity index (χ0v) is 16.6.